The molecule has 0 aliphatic rings. The second-order valence-corrected chi connectivity index (χ2v) is 4.45. The lowest BCUT2D eigenvalue weighted by Crippen LogP contribution is -2.15. The van der Waals surface area contributed by atoms with Gasteiger partial charge in [0.05, 0.1) is 13.2 Å². The van der Waals surface area contributed by atoms with Gasteiger partial charge in [0.1, 0.15) is 5.82 Å². The Balaban J connectivity index is 2.03. The Kier molecular flexibility index (Phi) is 4.41. The first-order valence-corrected chi connectivity index (χ1v) is 6.13. The van der Waals surface area contributed by atoms with Gasteiger partial charge in [0.2, 0.25) is 0 Å². The summed E-state index contributed by atoms with van der Waals surface area (Å²) in [4.78, 5) is 0. The molecule has 0 unspecified atom stereocenters. The minimum Gasteiger partial charge on any atom is -0.375 e. The Morgan fingerprint density at radius 3 is 2.81 bits per heavy atom. The topological polar surface area (TPSA) is 64.3 Å². The summed E-state index contributed by atoms with van der Waals surface area (Å²) in [7, 11) is 0. The standard InChI is InChI=1S/C12H14F3N5O/c1-8(2)7-21-6-5-16-9-3-4-10-17-18-11(12(13,14)15)20(10)19-9/h3-4H,1,5-7H2,2H3,(H,16,19). The maximum absolute atomic E-state index is 12.7. The molecule has 1 N–H and O–H groups in total. The quantitative estimate of drug-likeness (QED) is 0.654. The summed E-state index contributed by atoms with van der Waals surface area (Å²) < 4.78 is 44.0. The van der Waals surface area contributed by atoms with E-state index in [2.05, 4.69) is 27.2 Å². The first-order valence-electron chi connectivity index (χ1n) is 6.13. The van der Waals surface area contributed by atoms with Crippen molar-refractivity contribution in [3.63, 3.8) is 0 Å². The molecule has 6 nitrogen and oxygen atoms in total. The second kappa shape index (κ2) is 6.08. The summed E-state index contributed by atoms with van der Waals surface area (Å²) in [5, 5.41) is 13.2. The summed E-state index contributed by atoms with van der Waals surface area (Å²) >= 11 is 0. The van der Waals surface area contributed by atoms with Crippen molar-refractivity contribution in [1.82, 2.24) is 19.8 Å². The van der Waals surface area contributed by atoms with E-state index in [1.807, 2.05) is 6.92 Å². The molecule has 2 heterocycles. The highest BCUT2D eigenvalue weighted by Crippen LogP contribution is 2.27. The van der Waals surface area contributed by atoms with Gasteiger partial charge in [-0.05, 0) is 19.1 Å². The number of hydrogen-bond donors (Lipinski definition) is 1. The predicted octanol–water partition coefficient (Wildman–Crippen LogP) is 2.15. The zero-order valence-electron chi connectivity index (χ0n) is 11.3. The number of alkyl halides is 3. The van der Waals surface area contributed by atoms with Crippen LogP contribution >= 0.6 is 0 Å². The van der Waals surface area contributed by atoms with Gasteiger partial charge in [-0.15, -0.1) is 15.3 Å². The highest BCUT2D eigenvalue weighted by molar-refractivity contribution is 5.44. The molecule has 0 amide bonds. The van der Waals surface area contributed by atoms with E-state index in [-0.39, 0.29) is 11.5 Å². The van der Waals surface area contributed by atoms with Crippen LogP contribution in [0.5, 0.6) is 0 Å². The first-order chi connectivity index (χ1) is 9.88. The molecule has 0 aliphatic carbocycles. The van der Waals surface area contributed by atoms with Crippen molar-refractivity contribution in [2.24, 2.45) is 0 Å². The lowest BCUT2D eigenvalue weighted by atomic mass is 10.4. The summed E-state index contributed by atoms with van der Waals surface area (Å²) in [5.41, 5.74) is 0.931. The largest absolute Gasteiger partial charge is 0.453 e. The highest BCUT2D eigenvalue weighted by Gasteiger charge is 2.37. The Morgan fingerprint density at radius 2 is 2.14 bits per heavy atom. The molecular weight excluding hydrogens is 287 g/mol. The average Bonchev–Trinajstić information content (AvgIpc) is 2.80. The lowest BCUT2D eigenvalue weighted by Gasteiger charge is -2.08. The SMILES string of the molecule is C=C(C)COCCNc1ccc2nnc(C(F)(F)F)n2n1. The number of fused-ring (bicyclic) bond motifs is 1. The molecule has 2 rings (SSSR count). The van der Waals surface area contributed by atoms with Gasteiger partial charge < -0.3 is 10.1 Å². The van der Waals surface area contributed by atoms with Crippen molar-refractivity contribution in [1.29, 1.82) is 0 Å². The maximum Gasteiger partial charge on any atom is 0.453 e. The van der Waals surface area contributed by atoms with Crippen molar-refractivity contribution in [2.75, 3.05) is 25.1 Å². The van der Waals surface area contributed by atoms with Crippen molar-refractivity contribution in [3.05, 3.63) is 30.1 Å². The molecule has 9 heteroatoms. The van der Waals surface area contributed by atoms with Gasteiger partial charge in [0.15, 0.2) is 5.65 Å². The van der Waals surface area contributed by atoms with Crippen LogP contribution in [0.1, 0.15) is 12.7 Å². The molecule has 114 valence electrons. The minimum absolute atomic E-state index is 0.0337. The van der Waals surface area contributed by atoms with Gasteiger partial charge in [-0.25, -0.2) is 0 Å². The number of halogens is 3. The van der Waals surface area contributed by atoms with Crippen LogP contribution in [0.25, 0.3) is 5.65 Å². The normalized spacial score (nSPS) is 11.8. The van der Waals surface area contributed by atoms with E-state index in [4.69, 9.17) is 4.74 Å². The molecule has 2 aromatic rings. The third-order valence-corrected chi connectivity index (χ3v) is 2.42. The summed E-state index contributed by atoms with van der Waals surface area (Å²) in [6.45, 7) is 6.78. The van der Waals surface area contributed by atoms with E-state index >= 15 is 0 Å². The molecule has 2 aromatic heterocycles. The summed E-state index contributed by atoms with van der Waals surface area (Å²) in [5.74, 6) is -0.869. The van der Waals surface area contributed by atoms with Crippen LogP contribution in [0.4, 0.5) is 19.0 Å². The van der Waals surface area contributed by atoms with Gasteiger partial charge in [0.25, 0.3) is 5.82 Å². The molecular formula is C12H14F3N5O. The van der Waals surface area contributed by atoms with Gasteiger partial charge in [0, 0.05) is 6.54 Å². The number of rotatable bonds is 6. The van der Waals surface area contributed by atoms with E-state index in [0.717, 1.165) is 5.57 Å². The minimum atomic E-state index is -4.60. The number of ether oxygens (including phenoxy) is 1. The first kappa shape index (κ1) is 15.2. The van der Waals surface area contributed by atoms with Crippen LogP contribution in [0.15, 0.2) is 24.3 Å². The number of nitrogens with one attached hydrogen (secondary N) is 1. The second-order valence-electron chi connectivity index (χ2n) is 4.45. The molecule has 0 aliphatic heterocycles. The van der Waals surface area contributed by atoms with E-state index in [0.29, 0.717) is 24.3 Å². The van der Waals surface area contributed by atoms with Crippen LogP contribution in [0.3, 0.4) is 0 Å². The maximum atomic E-state index is 12.7. The van der Waals surface area contributed by atoms with E-state index in [1.54, 1.807) is 0 Å². The van der Waals surface area contributed by atoms with Crippen molar-refractivity contribution in [2.45, 2.75) is 13.1 Å². The van der Waals surface area contributed by atoms with E-state index in [1.165, 1.54) is 12.1 Å². The monoisotopic (exact) mass is 301 g/mol. The number of anilines is 1. The van der Waals surface area contributed by atoms with Crippen molar-refractivity contribution in [3.8, 4) is 0 Å². The van der Waals surface area contributed by atoms with Gasteiger partial charge >= 0.3 is 6.18 Å². The molecule has 0 radical (unpaired) electrons. The Morgan fingerprint density at radius 1 is 1.38 bits per heavy atom. The number of nitrogens with zero attached hydrogens (tertiary/aromatic N) is 4. The fourth-order valence-electron chi connectivity index (χ4n) is 1.56. The average molecular weight is 301 g/mol. The zero-order valence-corrected chi connectivity index (χ0v) is 11.3. The molecule has 0 fully saturated rings. The Hall–Kier alpha value is -2.16. The van der Waals surface area contributed by atoms with Crippen molar-refractivity contribution >= 4 is 11.5 Å². The van der Waals surface area contributed by atoms with Gasteiger partial charge in [-0.3, -0.25) is 0 Å². The fraction of sp³-hybridized carbons (Fsp3) is 0.417. The highest BCUT2D eigenvalue weighted by atomic mass is 19.4. The summed E-state index contributed by atoms with van der Waals surface area (Å²) in [6.07, 6.45) is -4.60. The Bertz CT molecular complexity index is 637. The van der Waals surface area contributed by atoms with Crippen LogP contribution in [-0.2, 0) is 10.9 Å². The molecule has 0 spiro atoms. The molecule has 21 heavy (non-hydrogen) atoms. The smallest absolute Gasteiger partial charge is 0.375 e. The fourth-order valence-corrected chi connectivity index (χ4v) is 1.56. The Labute approximate surface area is 118 Å². The molecule has 0 saturated carbocycles. The van der Waals surface area contributed by atoms with E-state index < -0.39 is 12.0 Å². The van der Waals surface area contributed by atoms with Crippen molar-refractivity contribution < 1.29 is 17.9 Å². The van der Waals surface area contributed by atoms with Crippen LogP contribution in [0.2, 0.25) is 0 Å². The molecule has 0 saturated heterocycles. The third-order valence-electron chi connectivity index (χ3n) is 2.42. The zero-order chi connectivity index (χ0) is 15.5. The van der Waals surface area contributed by atoms with Crippen LogP contribution < -0.4 is 5.32 Å². The van der Waals surface area contributed by atoms with Crippen LogP contribution in [0, 0.1) is 0 Å². The molecule has 0 aromatic carbocycles. The summed E-state index contributed by atoms with van der Waals surface area (Å²) in [6, 6.07) is 2.94. The third kappa shape index (κ3) is 3.91. The lowest BCUT2D eigenvalue weighted by molar-refractivity contribution is -0.146. The molecule has 0 atom stereocenters. The predicted molar refractivity (Wildman–Crippen MR) is 69.9 cm³/mol. The molecule has 0 bridgehead atoms. The van der Waals surface area contributed by atoms with Crippen LogP contribution in [-0.4, -0.2) is 39.6 Å². The number of hydrogen-bond acceptors (Lipinski definition) is 5. The van der Waals surface area contributed by atoms with E-state index in [9.17, 15) is 13.2 Å². The van der Waals surface area contributed by atoms with Gasteiger partial charge in [-0.1, -0.05) is 12.2 Å². The van der Waals surface area contributed by atoms with Gasteiger partial charge in [-0.2, -0.15) is 17.7 Å². The number of aromatic nitrogens is 4.